The van der Waals surface area contributed by atoms with Gasteiger partial charge in [0.15, 0.2) is 0 Å². The molecule has 2 aromatic rings. The molecule has 0 aliphatic heterocycles. The zero-order valence-corrected chi connectivity index (χ0v) is 19.4. The fourth-order valence-corrected chi connectivity index (χ4v) is 4.20. The zero-order chi connectivity index (χ0) is 25.7. The summed E-state index contributed by atoms with van der Waals surface area (Å²) in [5.74, 6) is -2.77. The average molecular weight is 499 g/mol. The van der Waals surface area contributed by atoms with Gasteiger partial charge in [-0.15, -0.1) is 6.58 Å². The van der Waals surface area contributed by atoms with Gasteiger partial charge in [0, 0.05) is 12.2 Å². The zero-order valence-electron chi connectivity index (χ0n) is 18.6. The molecule has 3 N–H and O–H groups in total. The van der Waals surface area contributed by atoms with Gasteiger partial charge in [-0.25, -0.2) is 13.2 Å². The maximum Gasteiger partial charge on any atom is 0.490 e. The highest BCUT2D eigenvalue weighted by atomic mass is 32.2. The summed E-state index contributed by atoms with van der Waals surface area (Å²) < 4.78 is 59.5. The number of benzene rings is 2. The number of alkyl halides is 3. The summed E-state index contributed by atoms with van der Waals surface area (Å²) in [7, 11) is -3.65. The fourth-order valence-electron chi connectivity index (χ4n) is 3.06. The topological polar surface area (TPSA) is 113 Å². The van der Waals surface area contributed by atoms with Gasteiger partial charge in [-0.3, -0.25) is 9.52 Å². The van der Waals surface area contributed by atoms with Crippen LogP contribution in [0.5, 0.6) is 0 Å². The van der Waals surface area contributed by atoms with Gasteiger partial charge in [0.05, 0.1) is 10.3 Å². The third-order valence-corrected chi connectivity index (χ3v) is 6.69. The van der Waals surface area contributed by atoms with Gasteiger partial charge in [-0.1, -0.05) is 24.3 Å². The molecule has 2 aromatic carbocycles. The number of hydrogen-bond acceptors (Lipinski definition) is 4. The van der Waals surface area contributed by atoms with Crippen molar-refractivity contribution in [2.45, 2.75) is 43.2 Å². The Balaban J connectivity index is 0.000000509. The van der Waals surface area contributed by atoms with Crippen LogP contribution < -0.4 is 10.0 Å². The minimum Gasteiger partial charge on any atom is -0.475 e. The van der Waals surface area contributed by atoms with Crippen molar-refractivity contribution in [3.05, 3.63) is 71.8 Å². The number of aryl methyl sites for hydroxylation is 2. The Morgan fingerprint density at radius 2 is 1.65 bits per heavy atom. The van der Waals surface area contributed by atoms with Gasteiger partial charge >= 0.3 is 12.1 Å². The second-order valence-corrected chi connectivity index (χ2v) is 9.50. The van der Waals surface area contributed by atoms with E-state index in [0.29, 0.717) is 12.2 Å². The van der Waals surface area contributed by atoms with Gasteiger partial charge in [0.1, 0.15) is 0 Å². The van der Waals surface area contributed by atoms with E-state index in [1.54, 1.807) is 36.4 Å². The van der Waals surface area contributed by atoms with Crippen LogP contribution in [0, 0.1) is 13.8 Å². The summed E-state index contributed by atoms with van der Waals surface area (Å²) in [5, 5.41) is 9.97. The highest BCUT2D eigenvalue weighted by molar-refractivity contribution is 7.92. The second kappa shape index (κ2) is 10.3. The first kappa shape index (κ1) is 26.9. The first-order valence-electron chi connectivity index (χ1n) is 10.1. The van der Waals surface area contributed by atoms with Gasteiger partial charge in [0.2, 0.25) is 5.91 Å². The molecular weight excluding hydrogens is 473 g/mol. The number of sulfonamides is 1. The van der Waals surface area contributed by atoms with Crippen LogP contribution >= 0.6 is 0 Å². The number of anilines is 1. The van der Waals surface area contributed by atoms with E-state index in [-0.39, 0.29) is 10.8 Å². The number of carboxylic acid groups (broad SMARTS) is 1. The lowest BCUT2D eigenvalue weighted by molar-refractivity contribution is -0.192. The molecule has 34 heavy (non-hydrogen) atoms. The van der Waals surface area contributed by atoms with Crippen LogP contribution in [-0.2, 0) is 25.0 Å². The summed E-state index contributed by atoms with van der Waals surface area (Å²) in [6.45, 7) is 7.87. The van der Waals surface area contributed by atoms with E-state index in [9.17, 15) is 26.4 Å². The molecule has 1 aliphatic carbocycles. The molecule has 1 fully saturated rings. The minimum atomic E-state index is -5.08. The first-order chi connectivity index (χ1) is 15.7. The van der Waals surface area contributed by atoms with E-state index in [1.807, 2.05) is 26.0 Å². The van der Waals surface area contributed by atoms with Crippen molar-refractivity contribution in [2.75, 3.05) is 11.3 Å². The van der Waals surface area contributed by atoms with Crippen molar-refractivity contribution < 1.29 is 36.3 Å². The van der Waals surface area contributed by atoms with E-state index in [4.69, 9.17) is 9.90 Å². The highest BCUT2D eigenvalue weighted by Crippen LogP contribution is 2.48. The number of amides is 1. The molecule has 11 heteroatoms. The number of carboxylic acids is 1. The van der Waals surface area contributed by atoms with Crippen molar-refractivity contribution in [3.8, 4) is 0 Å². The van der Waals surface area contributed by atoms with Crippen LogP contribution in [0.15, 0.2) is 60.0 Å². The second-order valence-electron chi connectivity index (χ2n) is 7.81. The Morgan fingerprint density at radius 3 is 2.09 bits per heavy atom. The molecule has 0 saturated heterocycles. The van der Waals surface area contributed by atoms with Crippen LogP contribution in [0.25, 0.3) is 0 Å². The highest BCUT2D eigenvalue weighted by Gasteiger charge is 2.50. The van der Waals surface area contributed by atoms with Crippen molar-refractivity contribution in [2.24, 2.45) is 0 Å². The molecular formula is C23H25F3N2O5S. The third kappa shape index (κ3) is 6.60. The predicted molar refractivity (Wildman–Crippen MR) is 121 cm³/mol. The van der Waals surface area contributed by atoms with Crippen molar-refractivity contribution >= 4 is 27.6 Å². The van der Waals surface area contributed by atoms with Gasteiger partial charge < -0.3 is 10.4 Å². The summed E-state index contributed by atoms with van der Waals surface area (Å²) >= 11 is 0. The van der Waals surface area contributed by atoms with Gasteiger partial charge in [-0.05, 0) is 67.6 Å². The standard InChI is InChI=1S/C21H24N2O3S.C2HF3O2/c1-4-13-22-20(24)21(11-12-21)17-6-8-18(9-7-17)23-27(25,26)19-10-5-15(2)16(3)14-19;3-2(4,5)1(6)7/h4-10,14,23H,1,11-13H2,2-3H3,(H,22,24);(H,6,7). The van der Waals surface area contributed by atoms with Crippen LogP contribution in [0.2, 0.25) is 0 Å². The van der Waals surface area contributed by atoms with Crippen LogP contribution in [0.3, 0.4) is 0 Å². The quantitative estimate of drug-likeness (QED) is 0.498. The molecule has 3 rings (SSSR count). The molecule has 0 unspecified atom stereocenters. The molecule has 0 bridgehead atoms. The molecule has 0 aromatic heterocycles. The molecule has 0 heterocycles. The molecule has 0 atom stereocenters. The van der Waals surface area contributed by atoms with E-state index in [1.165, 1.54) is 0 Å². The van der Waals surface area contributed by atoms with Gasteiger partial charge in [-0.2, -0.15) is 13.2 Å². The first-order valence-corrected chi connectivity index (χ1v) is 11.6. The Hall–Kier alpha value is -3.34. The fraction of sp³-hybridized carbons (Fsp3) is 0.304. The Morgan fingerprint density at radius 1 is 1.09 bits per heavy atom. The van der Waals surface area contributed by atoms with Crippen molar-refractivity contribution in [1.29, 1.82) is 0 Å². The summed E-state index contributed by atoms with van der Waals surface area (Å²) in [5.41, 5.74) is 2.85. The van der Waals surface area contributed by atoms with Crippen molar-refractivity contribution in [1.82, 2.24) is 5.32 Å². The third-order valence-electron chi connectivity index (χ3n) is 5.31. The molecule has 7 nitrogen and oxygen atoms in total. The molecule has 1 amide bonds. The van der Waals surface area contributed by atoms with Crippen LogP contribution in [0.1, 0.15) is 29.5 Å². The lowest BCUT2D eigenvalue weighted by Crippen LogP contribution is -2.34. The maximum atomic E-state index is 12.6. The Labute approximate surface area is 195 Å². The predicted octanol–water partition coefficient (Wildman–Crippen LogP) is 4.07. The summed E-state index contributed by atoms with van der Waals surface area (Å²) in [4.78, 5) is 21.5. The number of carbonyl (C=O) groups is 2. The number of halogens is 3. The van der Waals surface area contributed by atoms with E-state index >= 15 is 0 Å². The lowest BCUT2D eigenvalue weighted by atomic mass is 9.95. The summed E-state index contributed by atoms with van der Waals surface area (Å²) in [6.07, 6.45) is -1.84. The maximum absolute atomic E-state index is 12.6. The van der Waals surface area contributed by atoms with Gasteiger partial charge in [0.25, 0.3) is 10.0 Å². The Bertz CT molecular complexity index is 1170. The number of nitrogens with one attached hydrogen (secondary N) is 2. The van der Waals surface area contributed by atoms with Crippen molar-refractivity contribution in [3.63, 3.8) is 0 Å². The average Bonchev–Trinajstić information content (AvgIpc) is 3.56. The Kier molecular flexibility index (Phi) is 8.14. The smallest absolute Gasteiger partial charge is 0.475 e. The molecule has 0 spiro atoms. The molecule has 184 valence electrons. The minimum absolute atomic E-state index is 0.00846. The normalized spacial score (nSPS) is 14.3. The number of hydrogen-bond donors (Lipinski definition) is 3. The van der Waals surface area contributed by atoms with E-state index in [2.05, 4.69) is 16.6 Å². The molecule has 1 saturated carbocycles. The van der Waals surface area contributed by atoms with Crippen LogP contribution in [-0.4, -0.2) is 38.1 Å². The molecule has 1 aliphatic rings. The number of rotatable bonds is 7. The SMILES string of the molecule is C=CCNC(=O)C1(c2ccc(NS(=O)(=O)c3ccc(C)c(C)c3)cc2)CC1.O=C(O)C(F)(F)F. The number of carbonyl (C=O) groups excluding carboxylic acids is 1. The number of aliphatic carboxylic acids is 1. The van der Waals surface area contributed by atoms with E-state index in [0.717, 1.165) is 29.5 Å². The molecule has 0 radical (unpaired) electrons. The summed E-state index contributed by atoms with van der Waals surface area (Å²) in [6, 6.07) is 12.1. The lowest BCUT2D eigenvalue weighted by Gasteiger charge is -2.16. The van der Waals surface area contributed by atoms with Crippen LogP contribution in [0.4, 0.5) is 18.9 Å². The monoisotopic (exact) mass is 498 g/mol. The largest absolute Gasteiger partial charge is 0.490 e. The van der Waals surface area contributed by atoms with E-state index < -0.39 is 27.6 Å².